The molecule has 9 heteroatoms. The standard InChI is InChI=1S/C22H16Cl2N2O5/c1-30-20-10-13(12-25-26-21(28)14-3-6-16(27)7-4-14)2-9-19(20)31-22(29)17-8-5-15(23)11-18(17)24/h2-12,27H,1H3,(H,26,28)/b25-12-. The molecule has 0 spiro atoms. The number of ether oxygens (including phenoxy) is 2. The fourth-order valence-corrected chi connectivity index (χ4v) is 2.99. The number of hydrazone groups is 1. The molecule has 3 aromatic carbocycles. The van der Waals surface area contributed by atoms with Gasteiger partial charge in [-0.15, -0.1) is 0 Å². The molecule has 3 aromatic rings. The third kappa shape index (κ3) is 5.75. The molecule has 0 atom stereocenters. The second-order valence-electron chi connectivity index (χ2n) is 6.17. The fourth-order valence-electron chi connectivity index (χ4n) is 2.50. The minimum absolute atomic E-state index is 0.0614. The summed E-state index contributed by atoms with van der Waals surface area (Å²) in [5.74, 6) is -0.571. The van der Waals surface area contributed by atoms with Gasteiger partial charge >= 0.3 is 5.97 Å². The highest BCUT2D eigenvalue weighted by atomic mass is 35.5. The van der Waals surface area contributed by atoms with Crippen LogP contribution in [-0.4, -0.2) is 30.3 Å². The average molecular weight is 459 g/mol. The molecule has 0 aliphatic rings. The van der Waals surface area contributed by atoms with Crippen LogP contribution in [0.5, 0.6) is 17.2 Å². The van der Waals surface area contributed by atoms with Gasteiger partial charge in [0.25, 0.3) is 5.91 Å². The molecular weight excluding hydrogens is 443 g/mol. The zero-order valence-corrected chi connectivity index (χ0v) is 17.6. The first-order valence-electron chi connectivity index (χ1n) is 8.85. The van der Waals surface area contributed by atoms with Gasteiger partial charge in [0.2, 0.25) is 0 Å². The van der Waals surface area contributed by atoms with E-state index in [2.05, 4.69) is 10.5 Å². The van der Waals surface area contributed by atoms with Crippen LogP contribution < -0.4 is 14.9 Å². The SMILES string of the molecule is COc1cc(/C=N\NC(=O)c2ccc(O)cc2)ccc1OC(=O)c1ccc(Cl)cc1Cl. The summed E-state index contributed by atoms with van der Waals surface area (Å²) in [5.41, 5.74) is 3.48. The van der Waals surface area contributed by atoms with Crippen molar-refractivity contribution in [2.24, 2.45) is 5.10 Å². The molecular formula is C22H16Cl2N2O5. The number of carbonyl (C=O) groups excluding carboxylic acids is 2. The number of amides is 1. The minimum atomic E-state index is -0.664. The van der Waals surface area contributed by atoms with Crippen LogP contribution in [0.1, 0.15) is 26.3 Å². The van der Waals surface area contributed by atoms with Crippen molar-refractivity contribution in [2.75, 3.05) is 7.11 Å². The first-order valence-corrected chi connectivity index (χ1v) is 9.60. The van der Waals surface area contributed by atoms with Gasteiger partial charge in [0, 0.05) is 10.6 Å². The number of aromatic hydroxyl groups is 1. The molecule has 0 aliphatic carbocycles. The lowest BCUT2D eigenvalue weighted by Gasteiger charge is -2.10. The summed E-state index contributed by atoms with van der Waals surface area (Å²) >= 11 is 11.9. The number of nitrogens with one attached hydrogen (secondary N) is 1. The van der Waals surface area contributed by atoms with E-state index in [0.29, 0.717) is 16.1 Å². The number of rotatable bonds is 6. The molecule has 0 saturated carbocycles. The minimum Gasteiger partial charge on any atom is -0.508 e. The van der Waals surface area contributed by atoms with E-state index >= 15 is 0 Å². The molecule has 2 N–H and O–H groups in total. The maximum atomic E-state index is 12.4. The second-order valence-corrected chi connectivity index (χ2v) is 7.01. The summed E-state index contributed by atoms with van der Waals surface area (Å²) in [4.78, 5) is 24.4. The number of esters is 1. The number of phenolic OH excluding ortho intramolecular Hbond substituents is 1. The Morgan fingerprint density at radius 1 is 1.00 bits per heavy atom. The number of benzene rings is 3. The van der Waals surface area contributed by atoms with Crippen LogP contribution in [0, 0.1) is 0 Å². The van der Waals surface area contributed by atoms with Crippen molar-refractivity contribution in [1.29, 1.82) is 0 Å². The Bertz CT molecular complexity index is 1150. The predicted molar refractivity (Wildman–Crippen MR) is 118 cm³/mol. The van der Waals surface area contributed by atoms with Crippen molar-refractivity contribution >= 4 is 41.3 Å². The topological polar surface area (TPSA) is 97.2 Å². The molecule has 3 rings (SSSR count). The smallest absolute Gasteiger partial charge is 0.345 e. The third-order valence-corrected chi connectivity index (χ3v) is 4.60. The number of phenols is 1. The number of nitrogens with zero attached hydrogens (tertiary/aromatic N) is 1. The summed E-state index contributed by atoms with van der Waals surface area (Å²) < 4.78 is 10.7. The van der Waals surface area contributed by atoms with Crippen molar-refractivity contribution in [3.8, 4) is 17.2 Å². The summed E-state index contributed by atoms with van der Waals surface area (Å²) in [6.45, 7) is 0. The van der Waals surface area contributed by atoms with Crippen LogP contribution in [0.4, 0.5) is 0 Å². The number of methoxy groups -OCH3 is 1. The van der Waals surface area contributed by atoms with E-state index in [4.69, 9.17) is 32.7 Å². The van der Waals surface area contributed by atoms with Gasteiger partial charge < -0.3 is 14.6 Å². The number of hydrogen-bond acceptors (Lipinski definition) is 6. The number of halogens is 2. The van der Waals surface area contributed by atoms with Crippen molar-refractivity contribution in [1.82, 2.24) is 5.43 Å². The Kier molecular flexibility index (Phi) is 7.12. The van der Waals surface area contributed by atoms with Crippen LogP contribution in [0.25, 0.3) is 0 Å². The third-order valence-electron chi connectivity index (χ3n) is 4.05. The summed E-state index contributed by atoms with van der Waals surface area (Å²) in [7, 11) is 1.43. The maximum Gasteiger partial charge on any atom is 0.345 e. The molecule has 1 amide bonds. The van der Waals surface area contributed by atoms with E-state index in [1.165, 1.54) is 61.9 Å². The van der Waals surface area contributed by atoms with E-state index < -0.39 is 11.9 Å². The largest absolute Gasteiger partial charge is 0.508 e. The van der Waals surface area contributed by atoms with Crippen LogP contribution in [-0.2, 0) is 0 Å². The van der Waals surface area contributed by atoms with Crippen LogP contribution in [0.2, 0.25) is 10.0 Å². The first-order chi connectivity index (χ1) is 14.9. The monoisotopic (exact) mass is 458 g/mol. The van der Waals surface area contributed by atoms with E-state index in [-0.39, 0.29) is 27.8 Å². The predicted octanol–water partition coefficient (Wildman–Crippen LogP) is 4.69. The highest BCUT2D eigenvalue weighted by molar-refractivity contribution is 6.36. The lowest BCUT2D eigenvalue weighted by Crippen LogP contribution is -2.17. The molecule has 7 nitrogen and oxygen atoms in total. The van der Waals surface area contributed by atoms with Gasteiger partial charge in [0.15, 0.2) is 11.5 Å². The second kappa shape index (κ2) is 9.97. The molecule has 0 radical (unpaired) electrons. The van der Waals surface area contributed by atoms with E-state index in [9.17, 15) is 14.7 Å². The summed E-state index contributed by atoms with van der Waals surface area (Å²) in [6, 6.07) is 14.9. The van der Waals surface area contributed by atoms with Gasteiger partial charge in [-0.25, -0.2) is 10.2 Å². The van der Waals surface area contributed by atoms with Crippen molar-refractivity contribution < 1.29 is 24.2 Å². The number of carbonyl (C=O) groups is 2. The Morgan fingerprint density at radius 3 is 2.42 bits per heavy atom. The van der Waals surface area contributed by atoms with Crippen LogP contribution in [0.3, 0.4) is 0 Å². The Morgan fingerprint density at radius 2 is 1.74 bits per heavy atom. The summed E-state index contributed by atoms with van der Waals surface area (Å²) in [6.07, 6.45) is 1.41. The molecule has 0 saturated heterocycles. The lowest BCUT2D eigenvalue weighted by atomic mass is 10.2. The van der Waals surface area contributed by atoms with Crippen LogP contribution >= 0.6 is 23.2 Å². The van der Waals surface area contributed by atoms with Gasteiger partial charge in [0.1, 0.15) is 5.75 Å². The molecule has 158 valence electrons. The van der Waals surface area contributed by atoms with Crippen molar-refractivity contribution in [3.63, 3.8) is 0 Å². The first kappa shape index (κ1) is 22.1. The van der Waals surface area contributed by atoms with Gasteiger partial charge in [-0.2, -0.15) is 5.10 Å². The highest BCUT2D eigenvalue weighted by Crippen LogP contribution is 2.30. The Hall–Kier alpha value is -3.55. The van der Waals surface area contributed by atoms with E-state index in [0.717, 1.165) is 0 Å². The van der Waals surface area contributed by atoms with E-state index in [1.54, 1.807) is 12.1 Å². The molecule has 0 aliphatic heterocycles. The lowest BCUT2D eigenvalue weighted by molar-refractivity contribution is 0.0729. The average Bonchev–Trinajstić information content (AvgIpc) is 2.75. The highest BCUT2D eigenvalue weighted by Gasteiger charge is 2.16. The molecule has 31 heavy (non-hydrogen) atoms. The summed E-state index contributed by atoms with van der Waals surface area (Å²) in [5, 5.41) is 13.7. The Balaban J connectivity index is 1.69. The van der Waals surface area contributed by atoms with E-state index in [1.807, 2.05) is 0 Å². The van der Waals surface area contributed by atoms with Gasteiger partial charge in [-0.1, -0.05) is 23.2 Å². The van der Waals surface area contributed by atoms with Crippen molar-refractivity contribution in [3.05, 3.63) is 87.4 Å². The fraction of sp³-hybridized carbons (Fsp3) is 0.0455. The maximum absolute atomic E-state index is 12.4. The number of hydrogen-bond donors (Lipinski definition) is 2. The van der Waals surface area contributed by atoms with Gasteiger partial charge in [-0.05, 0) is 66.2 Å². The normalized spacial score (nSPS) is 10.7. The van der Waals surface area contributed by atoms with Crippen molar-refractivity contribution in [2.45, 2.75) is 0 Å². The quantitative estimate of drug-likeness (QED) is 0.241. The molecule has 0 unspecified atom stereocenters. The molecule has 0 aromatic heterocycles. The molecule has 0 fully saturated rings. The molecule has 0 heterocycles. The molecule has 0 bridgehead atoms. The van der Waals surface area contributed by atoms with Crippen LogP contribution in [0.15, 0.2) is 65.8 Å². The zero-order chi connectivity index (χ0) is 22.4. The van der Waals surface area contributed by atoms with Gasteiger partial charge in [0.05, 0.1) is 23.9 Å². The zero-order valence-electron chi connectivity index (χ0n) is 16.1. The van der Waals surface area contributed by atoms with Gasteiger partial charge in [-0.3, -0.25) is 4.79 Å². The Labute approximate surface area is 187 Å².